The number of hydrogen-bond acceptors (Lipinski definition) is 5. The number of pyridine rings is 1. The smallest absolute Gasteiger partial charge is 0.254 e. The molecule has 2 aromatic heterocycles. The zero-order valence-electron chi connectivity index (χ0n) is 16.4. The van der Waals surface area contributed by atoms with Gasteiger partial charge in [0.2, 0.25) is 0 Å². The first-order valence-corrected chi connectivity index (χ1v) is 9.54. The summed E-state index contributed by atoms with van der Waals surface area (Å²) in [7, 11) is 0. The Morgan fingerprint density at radius 1 is 1.21 bits per heavy atom. The highest BCUT2D eigenvalue weighted by Gasteiger charge is 2.35. The van der Waals surface area contributed by atoms with E-state index in [0.29, 0.717) is 25.1 Å². The van der Waals surface area contributed by atoms with Crippen molar-refractivity contribution in [2.24, 2.45) is 5.92 Å². The molecule has 6 heteroatoms. The van der Waals surface area contributed by atoms with Crippen molar-refractivity contribution in [3.8, 4) is 0 Å². The van der Waals surface area contributed by atoms with Crippen LogP contribution in [0.5, 0.6) is 0 Å². The lowest BCUT2D eigenvalue weighted by Gasteiger charge is -2.18. The molecular formula is C22H24N4O2. The molecule has 1 fully saturated rings. The molecule has 28 heavy (non-hydrogen) atoms. The number of hydrogen-bond donors (Lipinski definition) is 1. The molecule has 0 radical (unpaired) electrons. The highest BCUT2D eigenvalue weighted by Crippen LogP contribution is 2.28. The summed E-state index contributed by atoms with van der Waals surface area (Å²) < 4.78 is 0. The minimum atomic E-state index is -0.566. The summed E-state index contributed by atoms with van der Waals surface area (Å²) in [6.45, 7) is 6.83. The molecule has 2 atom stereocenters. The number of carbonyl (C=O) groups excluding carboxylic acids is 1. The van der Waals surface area contributed by atoms with E-state index in [1.807, 2.05) is 39.0 Å². The number of aromatic nitrogens is 3. The molecule has 1 amide bonds. The molecule has 3 aromatic rings. The summed E-state index contributed by atoms with van der Waals surface area (Å²) >= 11 is 0. The Morgan fingerprint density at radius 2 is 2.04 bits per heavy atom. The monoisotopic (exact) mass is 376 g/mol. The molecule has 1 N–H and O–H groups in total. The van der Waals surface area contributed by atoms with Crippen molar-refractivity contribution in [2.75, 3.05) is 13.1 Å². The summed E-state index contributed by atoms with van der Waals surface area (Å²) in [5.74, 6) is -0.0988. The molecule has 0 bridgehead atoms. The molecule has 144 valence electrons. The third-order valence-electron chi connectivity index (χ3n) is 5.65. The highest BCUT2D eigenvalue weighted by atomic mass is 16.3. The number of rotatable bonds is 3. The zero-order chi connectivity index (χ0) is 19.8. The van der Waals surface area contributed by atoms with Gasteiger partial charge in [-0.05, 0) is 44.4 Å². The van der Waals surface area contributed by atoms with Gasteiger partial charge in [0.05, 0.1) is 22.9 Å². The van der Waals surface area contributed by atoms with Gasteiger partial charge in [0.25, 0.3) is 5.91 Å². The Bertz CT molecular complexity index is 1040. The molecule has 1 aliphatic rings. The summed E-state index contributed by atoms with van der Waals surface area (Å²) in [6.07, 6.45) is 5.03. The average Bonchev–Trinajstić information content (AvgIpc) is 3.05. The molecule has 1 saturated heterocycles. The van der Waals surface area contributed by atoms with E-state index < -0.39 is 6.10 Å². The predicted octanol–water partition coefficient (Wildman–Crippen LogP) is 2.63. The van der Waals surface area contributed by atoms with Gasteiger partial charge in [-0.25, -0.2) is 0 Å². The van der Waals surface area contributed by atoms with Gasteiger partial charge in [0.15, 0.2) is 0 Å². The number of aryl methyl sites for hydroxylation is 3. The molecule has 0 unspecified atom stereocenters. The molecule has 6 nitrogen and oxygen atoms in total. The maximum Gasteiger partial charge on any atom is 0.254 e. The first kappa shape index (κ1) is 18.5. The van der Waals surface area contributed by atoms with Gasteiger partial charge in [0.1, 0.15) is 0 Å². The van der Waals surface area contributed by atoms with Crippen LogP contribution in [0.1, 0.15) is 32.9 Å². The van der Waals surface area contributed by atoms with Crippen LogP contribution in [0.3, 0.4) is 0 Å². The van der Waals surface area contributed by atoms with Crippen LogP contribution in [0.15, 0.2) is 36.8 Å². The van der Waals surface area contributed by atoms with E-state index >= 15 is 0 Å². The van der Waals surface area contributed by atoms with E-state index in [1.165, 1.54) is 0 Å². The van der Waals surface area contributed by atoms with E-state index in [1.54, 1.807) is 23.5 Å². The van der Waals surface area contributed by atoms with Crippen molar-refractivity contribution in [1.29, 1.82) is 0 Å². The third-order valence-corrected chi connectivity index (χ3v) is 5.65. The fourth-order valence-electron chi connectivity index (χ4n) is 3.93. The van der Waals surface area contributed by atoms with Crippen molar-refractivity contribution in [3.63, 3.8) is 0 Å². The van der Waals surface area contributed by atoms with E-state index in [0.717, 1.165) is 33.4 Å². The van der Waals surface area contributed by atoms with Gasteiger partial charge in [-0.3, -0.25) is 19.7 Å². The molecule has 3 heterocycles. The Kier molecular flexibility index (Phi) is 4.81. The Morgan fingerprint density at radius 3 is 2.79 bits per heavy atom. The van der Waals surface area contributed by atoms with Crippen LogP contribution < -0.4 is 0 Å². The minimum Gasteiger partial charge on any atom is -0.391 e. The van der Waals surface area contributed by atoms with E-state index in [-0.39, 0.29) is 11.8 Å². The molecule has 4 rings (SSSR count). The quantitative estimate of drug-likeness (QED) is 0.760. The summed E-state index contributed by atoms with van der Waals surface area (Å²) in [4.78, 5) is 28.1. The number of aliphatic hydroxyl groups is 1. The van der Waals surface area contributed by atoms with Crippen LogP contribution in [0.25, 0.3) is 10.9 Å². The zero-order valence-corrected chi connectivity index (χ0v) is 16.4. The van der Waals surface area contributed by atoms with Gasteiger partial charge >= 0.3 is 0 Å². The van der Waals surface area contributed by atoms with Crippen LogP contribution in [-0.4, -0.2) is 50.1 Å². The summed E-state index contributed by atoms with van der Waals surface area (Å²) in [5.41, 5.74) is 5.43. The molecule has 0 saturated carbocycles. The molecule has 1 aliphatic heterocycles. The third kappa shape index (κ3) is 3.36. The normalized spacial score (nSPS) is 19.4. The number of amides is 1. The lowest BCUT2D eigenvalue weighted by atomic mass is 10.00. The van der Waals surface area contributed by atoms with Gasteiger partial charge in [-0.1, -0.05) is 12.1 Å². The van der Waals surface area contributed by atoms with Crippen molar-refractivity contribution < 1.29 is 9.90 Å². The maximum absolute atomic E-state index is 13.3. The maximum atomic E-state index is 13.3. The second-order valence-electron chi connectivity index (χ2n) is 7.65. The molecule has 1 aromatic carbocycles. The van der Waals surface area contributed by atoms with E-state index in [9.17, 15) is 9.90 Å². The Hall–Kier alpha value is -2.86. The molecular weight excluding hydrogens is 352 g/mol. The second-order valence-corrected chi connectivity index (χ2v) is 7.65. The number of fused-ring (bicyclic) bond motifs is 1. The van der Waals surface area contributed by atoms with Crippen LogP contribution in [-0.2, 0) is 6.42 Å². The standard InChI is InChI=1S/C22H24N4O2/c1-13-4-5-18-19(8-14(2)25-21(18)15(13)3)22(28)26-11-16(20(27)12-26)9-17-10-23-6-7-24-17/h4-8,10,16,20,27H,9,11-12H2,1-3H3/t16-,20-/m1/s1. The number of benzene rings is 1. The first-order chi connectivity index (χ1) is 13.4. The number of nitrogens with zero attached hydrogens (tertiary/aromatic N) is 4. The average molecular weight is 376 g/mol. The largest absolute Gasteiger partial charge is 0.391 e. The first-order valence-electron chi connectivity index (χ1n) is 9.54. The minimum absolute atomic E-state index is 0.0428. The van der Waals surface area contributed by atoms with Crippen LogP contribution >= 0.6 is 0 Å². The number of likely N-dealkylation sites (tertiary alicyclic amines) is 1. The van der Waals surface area contributed by atoms with E-state index in [4.69, 9.17) is 0 Å². The fourth-order valence-corrected chi connectivity index (χ4v) is 3.93. The fraction of sp³-hybridized carbons (Fsp3) is 0.364. The Labute approximate surface area is 164 Å². The predicted molar refractivity (Wildman–Crippen MR) is 107 cm³/mol. The van der Waals surface area contributed by atoms with Gasteiger partial charge in [0, 0.05) is 48.7 Å². The van der Waals surface area contributed by atoms with Crippen molar-refractivity contribution in [1.82, 2.24) is 19.9 Å². The number of carbonyl (C=O) groups is 1. The van der Waals surface area contributed by atoms with Crippen LogP contribution in [0.2, 0.25) is 0 Å². The van der Waals surface area contributed by atoms with Gasteiger partial charge in [-0.2, -0.15) is 0 Å². The second kappa shape index (κ2) is 7.28. The number of aliphatic hydroxyl groups excluding tert-OH is 1. The lowest BCUT2D eigenvalue weighted by molar-refractivity contribution is 0.0766. The van der Waals surface area contributed by atoms with Crippen molar-refractivity contribution >= 4 is 16.8 Å². The number of β-amino-alcohol motifs (C(OH)–C–C–N with tert-alkyl or cyclic N) is 1. The van der Waals surface area contributed by atoms with E-state index in [2.05, 4.69) is 15.0 Å². The highest BCUT2D eigenvalue weighted by molar-refractivity contribution is 6.07. The van der Waals surface area contributed by atoms with Crippen LogP contribution in [0, 0.1) is 26.7 Å². The molecule has 0 aliphatic carbocycles. The van der Waals surface area contributed by atoms with Gasteiger partial charge in [-0.15, -0.1) is 0 Å². The summed E-state index contributed by atoms with van der Waals surface area (Å²) in [5, 5.41) is 11.4. The SMILES string of the molecule is Cc1cc(C(=O)N2C[C@@H](Cc3cnccn3)[C@H](O)C2)c2ccc(C)c(C)c2n1. The molecule has 0 spiro atoms. The van der Waals surface area contributed by atoms with Crippen molar-refractivity contribution in [2.45, 2.75) is 33.3 Å². The van der Waals surface area contributed by atoms with Crippen LogP contribution in [0.4, 0.5) is 0 Å². The lowest BCUT2D eigenvalue weighted by Crippen LogP contribution is -2.30. The van der Waals surface area contributed by atoms with Gasteiger partial charge < -0.3 is 10.0 Å². The topological polar surface area (TPSA) is 79.2 Å². The van der Waals surface area contributed by atoms with Crippen molar-refractivity contribution in [3.05, 3.63) is 64.9 Å². The Balaban J connectivity index is 1.62. The summed E-state index contributed by atoms with van der Waals surface area (Å²) in [6, 6.07) is 5.85.